The van der Waals surface area contributed by atoms with E-state index in [0.717, 1.165) is 4.47 Å². The molecule has 0 aromatic carbocycles. The summed E-state index contributed by atoms with van der Waals surface area (Å²) < 4.78 is 8.17. The summed E-state index contributed by atoms with van der Waals surface area (Å²) in [7, 11) is 1.62. The zero-order chi connectivity index (χ0) is 13.1. The van der Waals surface area contributed by atoms with Gasteiger partial charge < -0.3 is 4.74 Å². The Morgan fingerprint density at radius 3 is 2.89 bits per heavy atom. The molecule has 2 aromatic rings. The maximum atomic E-state index is 12.4. The van der Waals surface area contributed by atoms with Gasteiger partial charge in [0.2, 0.25) is 5.78 Å². The van der Waals surface area contributed by atoms with Crippen LogP contribution in [0.4, 0.5) is 0 Å². The molecule has 0 saturated carbocycles. The van der Waals surface area contributed by atoms with Crippen LogP contribution in [0.2, 0.25) is 0 Å². The molecule has 2 aromatic heterocycles. The van der Waals surface area contributed by atoms with Crippen LogP contribution >= 0.6 is 43.2 Å². The summed E-state index contributed by atoms with van der Waals surface area (Å²) in [5, 5.41) is 6.05. The van der Waals surface area contributed by atoms with Gasteiger partial charge in [0, 0.05) is 11.6 Å². The third-order valence-electron chi connectivity index (χ3n) is 2.34. The minimum atomic E-state index is -0.0441. The molecule has 0 aliphatic rings. The van der Waals surface area contributed by atoms with Crippen LogP contribution in [-0.4, -0.2) is 29.3 Å². The Balaban J connectivity index is 2.35. The van der Waals surface area contributed by atoms with Crippen molar-refractivity contribution in [2.75, 3.05) is 13.7 Å². The van der Waals surface area contributed by atoms with E-state index < -0.39 is 0 Å². The van der Waals surface area contributed by atoms with Gasteiger partial charge >= 0.3 is 0 Å². The maximum absolute atomic E-state index is 12.4. The molecule has 0 aliphatic heterocycles. The largest absolute Gasteiger partial charge is 0.383 e. The van der Waals surface area contributed by atoms with Crippen LogP contribution in [0.5, 0.6) is 0 Å². The monoisotopic (exact) mass is 392 g/mol. The summed E-state index contributed by atoms with van der Waals surface area (Å²) in [6, 6.07) is 1.86. The Morgan fingerprint density at radius 2 is 2.28 bits per heavy atom. The lowest BCUT2D eigenvalue weighted by Crippen LogP contribution is -2.14. The van der Waals surface area contributed by atoms with Crippen LogP contribution in [0.3, 0.4) is 0 Å². The van der Waals surface area contributed by atoms with Crippen molar-refractivity contribution in [3.05, 3.63) is 37.2 Å². The van der Waals surface area contributed by atoms with Crippen molar-refractivity contribution >= 4 is 49.0 Å². The van der Waals surface area contributed by atoms with Gasteiger partial charge in [-0.05, 0) is 43.3 Å². The second-order valence-electron chi connectivity index (χ2n) is 3.48. The second-order valence-corrected chi connectivity index (χ2v) is 6.11. The Hall–Kier alpha value is -0.500. The van der Waals surface area contributed by atoms with Crippen LogP contribution in [-0.2, 0) is 11.3 Å². The SMILES string of the molecule is COCCn1ncc(Br)c1C(=O)c1sccc1Br. The molecule has 0 saturated heterocycles. The first kappa shape index (κ1) is 13.9. The number of methoxy groups -OCH3 is 1. The van der Waals surface area contributed by atoms with Crippen LogP contribution in [0, 0.1) is 0 Å². The normalized spacial score (nSPS) is 10.8. The average molecular weight is 394 g/mol. The van der Waals surface area contributed by atoms with Crippen molar-refractivity contribution in [1.29, 1.82) is 0 Å². The summed E-state index contributed by atoms with van der Waals surface area (Å²) in [5.74, 6) is -0.0441. The van der Waals surface area contributed by atoms with Crippen LogP contribution in [0.25, 0.3) is 0 Å². The molecule has 0 aliphatic carbocycles. The van der Waals surface area contributed by atoms with E-state index in [0.29, 0.717) is 28.2 Å². The minimum absolute atomic E-state index is 0.0441. The van der Waals surface area contributed by atoms with E-state index in [-0.39, 0.29) is 5.78 Å². The highest BCUT2D eigenvalue weighted by Crippen LogP contribution is 2.28. The van der Waals surface area contributed by atoms with Crippen LogP contribution in [0.1, 0.15) is 15.4 Å². The second kappa shape index (κ2) is 6.10. The van der Waals surface area contributed by atoms with Crippen LogP contribution < -0.4 is 0 Å². The summed E-state index contributed by atoms with van der Waals surface area (Å²) >= 11 is 8.15. The zero-order valence-corrected chi connectivity index (χ0v) is 13.5. The fourth-order valence-electron chi connectivity index (χ4n) is 1.50. The molecule has 0 bridgehead atoms. The Morgan fingerprint density at radius 1 is 1.50 bits per heavy atom. The molecule has 4 nitrogen and oxygen atoms in total. The molecule has 0 fully saturated rings. The highest BCUT2D eigenvalue weighted by Gasteiger charge is 2.21. The lowest BCUT2D eigenvalue weighted by molar-refractivity contribution is 0.102. The third kappa shape index (κ3) is 2.74. The molecule has 0 atom stereocenters. The number of halogens is 2. The predicted octanol–water partition coefficient (Wildman–Crippen LogP) is 3.35. The lowest BCUT2D eigenvalue weighted by atomic mass is 10.2. The molecule has 0 N–H and O–H groups in total. The van der Waals surface area contributed by atoms with Gasteiger partial charge in [0.1, 0.15) is 5.69 Å². The Bertz CT molecular complexity index is 565. The number of aromatic nitrogens is 2. The predicted molar refractivity (Wildman–Crippen MR) is 77.3 cm³/mol. The highest BCUT2D eigenvalue weighted by atomic mass is 79.9. The van der Waals surface area contributed by atoms with E-state index >= 15 is 0 Å². The number of ether oxygens (including phenoxy) is 1. The fraction of sp³-hybridized carbons (Fsp3) is 0.273. The van der Waals surface area contributed by atoms with Crippen molar-refractivity contribution in [3.8, 4) is 0 Å². The quantitative estimate of drug-likeness (QED) is 0.731. The van der Waals surface area contributed by atoms with Crippen LogP contribution in [0.15, 0.2) is 26.6 Å². The number of hydrogen-bond acceptors (Lipinski definition) is 4. The van der Waals surface area contributed by atoms with Gasteiger partial charge in [-0.25, -0.2) is 0 Å². The number of nitrogens with zero attached hydrogens (tertiary/aromatic N) is 2. The number of thiophene rings is 1. The summed E-state index contributed by atoms with van der Waals surface area (Å²) in [6.45, 7) is 1.06. The molecule has 0 spiro atoms. The lowest BCUT2D eigenvalue weighted by Gasteiger charge is -2.06. The third-order valence-corrected chi connectivity index (χ3v) is 4.76. The number of rotatable bonds is 5. The van der Waals surface area contributed by atoms with E-state index in [1.165, 1.54) is 11.3 Å². The van der Waals surface area contributed by atoms with Crippen molar-refractivity contribution in [3.63, 3.8) is 0 Å². The number of ketones is 1. The molecule has 7 heteroatoms. The summed E-state index contributed by atoms with van der Waals surface area (Å²) in [5.41, 5.74) is 0.551. The maximum Gasteiger partial charge on any atom is 0.223 e. The first-order chi connectivity index (χ1) is 8.65. The average Bonchev–Trinajstić information content (AvgIpc) is 2.92. The van der Waals surface area contributed by atoms with Crippen molar-refractivity contribution in [2.45, 2.75) is 6.54 Å². The summed E-state index contributed by atoms with van der Waals surface area (Å²) in [4.78, 5) is 13.1. The molecule has 96 valence electrons. The van der Waals surface area contributed by atoms with Gasteiger partial charge in [-0.15, -0.1) is 11.3 Å². The molecule has 18 heavy (non-hydrogen) atoms. The van der Waals surface area contributed by atoms with E-state index in [4.69, 9.17) is 4.74 Å². The van der Waals surface area contributed by atoms with Crippen molar-refractivity contribution in [1.82, 2.24) is 9.78 Å². The molecule has 0 unspecified atom stereocenters. The van der Waals surface area contributed by atoms with Gasteiger partial charge in [0.15, 0.2) is 0 Å². The van der Waals surface area contributed by atoms with Gasteiger partial charge in [-0.3, -0.25) is 9.48 Å². The van der Waals surface area contributed by atoms with E-state index in [1.807, 2.05) is 11.4 Å². The first-order valence-corrected chi connectivity index (χ1v) is 7.59. The Labute approximate surface area is 125 Å². The Kier molecular flexibility index (Phi) is 4.71. The molecule has 0 radical (unpaired) electrons. The molecular formula is C11H10Br2N2O2S. The van der Waals surface area contributed by atoms with E-state index in [9.17, 15) is 4.79 Å². The van der Waals surface area contributed by atoms with Crippen molar-refractivity contribution < 1.29 is 9.53 Å². The van der Waals surface area contributed by atoms with E-state index in [1.54, 1.807) is 18.0 Å². The number of carbonyl (C=O) groups is 1. The van der Waals surface area contributed by atoms with E-state index in [2.05, 4.69) is 37.0 Å². The standard InChI is InChI=1S/C11H10Br2N2O2S/c1-17-4-3-15-9(8(13)6-14-15)10(16)11-7(12)2-5-18-11/h2,5-6H,3-4H2,1H3. The first-order valence-electron chi connectivity index (χ1n) is 5.13. The van der Waals surface area contributed by atoms with Gasteiger partial charge in [-0.2, -0.15) is 5.10 Å². The summed E-state index contributed by atoms with van der Waals surface area (Å²) in [6.07, 6.45) is 1.63. The number of hydrogen-bond donors (Lipinski definition) is 0. The molecule has 0 amide bonds. The molecular weight excluding hydrogens is 384 g/mol. The number of carbonyl (C=O) groups excluding carboxylic acids is 1. The fourth-order valence-corrected chi connectivity index (χ4v) is 3.47. The van der Waals surface area contributed by atoms with Gasteiger partial charge in [-0.1, -0.05) is 0 Å². The van der Waals surface area contributed by atoms with Gasteiger partial charge in [0.05, 0.1) is 28.7 Å². The zero-order valence-electron chi connectivity index (χ0n) is 9.52. The molecule has 2 rings (SSSR count). The van der Waals surface area contributed by atoms with Gasteiger partial charge in [0.25, 0.3) is 0 Å². The highest BCUT2D eigenvalue weighted by molar-refractivity contribution is 9.11. The smallest absolute Gasteiger partial charge is 0.223 e. The molecule has 2 heterocycles. The minimum Gasteiger partial charge on any atom is -0.383 e. The van der Waals surface area contributed by atoms with Crippen molar-refractivity contribution in [2.24, 2.45) is 0 Å². The topological polar surface area (TPSA) is 44.1 Å².